The number of carbonyl (C=O) groups excluding carboxylic acids is 2. The fourth-order valence-electron chi connectivity index (χ4n) is 3.50. The predicted molar refractivity (Wildman–Crippen MR) is 125 cm³/mol. The van der Waals surface area contributed by atoms with Crippen LogP contribution in [0, 0.1) is 5.41 Å². The summed E-state index contributed by atoms with van der Waals surface area (Å²) in [5, 5.41) is 18.8. The molecule has 1 aliphatic rings. The Morgan fingerprint density at radius 2 is 1.91 bits per heavy atom. The highest BCUT2D eigenvalue weighted by atomic mass is 16.1. The Hall–Kier alpha value is -4.27. The van der Waals surface area contributed by atoms with E-state index in [0.717, 1.165) is 10.8 Å². The number of nitrogens with two attached hydrogens (primary N) is 1. The molecular weight excluding hydrogens is 406 g/mol. The minimum absolute atomic E-state index is 0.150. The van der Waals surface area contributed by atoms with E-state index in [1.807, 2.05) is 42.5 Å². The van der Waals surface area contributed by atoms with E-state index in [1.165, 1.54) is 6.20 Å². The van der Waals surface area contributed by atoms with E-state index in [0.29, 0.717) is 35.8 Å². The molecule has 9 heteroatoms. The van der Waals surface area contributed by atoms with Crippen molar-refractivity contribution in [3.8, 4) is 0 Å². The maximum Gasteiger partial charge on any atom is 0.254 e. The van der Waals surface area contributed by atoms with Crippen molar-refractivity contribution >= 4 is 45.8 Å². The molecular formula is C23H23N7O2. The van der Waals surface area contributed by atoms with Crippen molar-refractivity contribution in [2.45, 2.75) is 18.9 Å². The summed E-state index contributed by atoms with van der Waals surface area (Å²) in [5.41, 5.74) is 7.50. The highest BCUT2D eigenvalue weighted by Gasteiger charge is 2.19. The highest BCUT2D eigenvalue weighted by molar-refractivity contribution is 6.00. The second-order valence-electron chi connectivity index (χ2n) is 7.43. The Morgan fingerprint density at radius 3 is 2.66 bits per heavy atom. The number of carbonyl (C=O) groups is 2. The van der Waals surface area contributed by atoms with Crippen molar-refractivity contribution in [2.24, 2.45) is 5.73 Å². The molecule has 0 fully saturated rings. The molecule has 2 aromatic carbocycles. The van der Waals surface area contributed by atoms with Crippen LogP contribution >= 0.6 is 0 Å². The second-order valence-corrected chi connectivity index (χ2v) is 7.43. The van der Waals surface area contributed by atoms with Crippen LogP contribution in [0.4, 0.5) is 17.5 Å². The summed E-state index contributed by atoms with van der Waals surface area (Å²) >= 11 is 0. The maximum atomic E-state index is 11.9. The number of benzene rings is 2. The van der Waals surface area contributed by atoms with Gasteiger partial charge in [-0.2, -0.15) is 4.98 Å². The third kappa shape index (κ3) is 4.41. The van der Waals surface area contributed by atoms with Crippen LogP contribution in [0.1, 0.15) is 33.6 Å². The molecule has 2 amide bonds. The minimum Gasteiger partial charge on any atom is -0.365 e. The number of primary amides is 1. The van der Waals surface area contributed by atoms with Crippen molar-refractivity contribution in [1.82, 2.24) is 15.3 Å². The van der Waals surface area contributed by atoms with Crippen LogP contribution in [-0.2, 0) is 0 Å². The molecule has 4 rings (SSSR count). The SMILES string of the molecule is CNC(=O)c1ccc2cc(Nc3nc(N[C@@H]4CC=CCC4=N)ncc3C(N)=O)ccc2c1. The molecule has 1 atom stereocenters. The number of hydrogen-bond acceptors (Lipinski definition) is 7. The van der Waals surface area contributed by atoms with Gasteiger partial charge in [-0.25, -0.2) is 4.98 Å². The van der Waals surface area contributed by atoms with Gasteiger partial charge in [0.15, 0.2) is 0 Å². The van der Waals surface area contributed by atoms with E-state index in [9.17, 15) is 9.59 Å². The van der Waals surface area contributed by atoms with E-state index in [-0.39, 0.29) is 23.3 Å². The van der Waals surface area contributed by atoms with E-state index in [2.05, 4.69) is 25.9 Å². The second kappa shape index (κ2) is 8.84. The molecule has 0 saturated carbocycles. The molecule has 0 unspecified atom stereocenters. The van der Waals surface area contributed by atoms with Gasteiger partial charge in [0.1, 0.15) is 11.4 Å². The first kappa shape index (κ1) is 21.0. The van der Waals surface area contributed by atoms with Crippen LogP contribution in [0.5, 0.6) is 0 Å². The smallest absolute Gasteiger partial charge is 0.254 e. The Balaban J connectivity index is 1.62. The number of nitrogens with one attached hydrogen (secondary N) is 4. The number of hydrogen-bond donors (Lipinski definition) is 5. The van der Waals surface area contributed by atoms with Gasteiger partial charge in [-0.05, 0) is 41.5 Å². The van der Waals surface area contributed by atoms with Crippen LogP contribution < -0.4 is 21.7 Å². The van der Waals surface area contributed by atoms with Gasteiger partial charge in [-0.1, -0.05) is 24.3 Å². The zero-order valence-corrected chi connectivity index (χ0v) is 17.5. The molecule has 3 aromatic rings. The first-order valence-electron chi connectivity index (χ1n) is 10.1. The van der Waals surface area contributed by atoms with Gasteiger partial charge >= 0.3 is 0 Å². The van der Waals surface area contributed by atoms with Crippen molar-refractivity contribution in [3.63, 3.8) is 0 Å². The fourth-order valence-corrected chi connectivity index (χ4v) is 3.50. The van der Waals surface area contributed by atoms with Gasteiger partial charge in [0, 0.05) is 36.6 Å². The minimum atomic E-state index is -0.650. The Labute approximate surface area is 184 Å². The summed E-state index contributed by atoms with van der Waals surface area (Å²) in [4.78, 5) is 32.4. The van der Waals surface area contributed by atoms with Crippen LogP contribution in [0.3, 0.4) is 0 Å². The normalized spacial score (nSPS) is 15.4. The van der Waals surface area contributed by atoms with Crippen LogP contribution in [0.15, 0.2) is 54.7 Å². The summed E-state index contributed by atoms with van der Waals surface area (Å²) in [7, 11) is 1.59. The van der Waals surface area contributed by atoms with Crippen molar-refractivity contribution < 1.29 is 9.59 Å². The van der Waals surface area contributed by atoms with Crippen molar-refractivity contribution in [1.29, 1.82) is 5.41 Å². The van der Waals surface area contributed by atoms with Gasteiger partial charge in [0.25, 0.3) is 11.8 Å². The molecule has 9 nitrogen and oxygen atoms in total. The van der Waals surface area contributed by atoms with Crippen molar-refractivity contribution in [2.75, 3.05) is 17.7 Å². The number of nitrogens with zero attached hydrogens (tertiary/aromatic N) is 2. The number of anilines is 3. The van der Waals surface area contributed by atoms with Crippen LogP contribution in [0.2, 0.25) is 0 Å². The molecule has 0 radical (unpaired) electrons. The van der Waals surface area contributed by atoms with Gasteiger partial charge in [0.05, 0.1) is 6.04 Å². The number of allylic oxidation sites excluding steroid dienone is 1. The molecule has 1 aromatic heterocycles. The first-order chi connectivity index (χ1) is 15.4. The van der Waals surface area contributed by atoms with Gasteiger partial charge in [-0.15, -0.1) is 0 Å². The fraction of sp³-hybridized carbons (Fsp3) is 0.174. The van der Waals surface area contributed by atoms with E-state index in [4.69, 9.17) is 11.1 Å². The average Bonchev–Trinajstić information content (AvgIpc) is 2.79. The lowest BCUT2D eigenvalue weighted by Crippen LogP contribution is -2.31. The molecule has 0 spiro atoms. The number of amides is 2. The molecule has 0 saturated heterocycles. The number of rotatable bonds is 6. The first-order valence-corrected chi connectivity index (χ1v) is 10.1. The maximum absolute atomic E-state index is 11.9. The van der Waals surface area contributed by atoms with Gasteiger partial charge in [0.2, 0.25) is 5.95 Å². The Bertz CT molecular complexity index is 1250. The summed E-state index contributed by atoms with van der Waals surface area (Å²) < 4.78 is 0. The van der Waals surface area contributed by atoms with Crippen LogP contribution in [-0.4, -0.2) is 40.6 Å². The zero-order chi connectivity index (χ0) is 22.7. The number of aromatic nitrogens is 2. The average molecular weight is 429 g/mol. The lowest BCUT2D eigenvalue weighted by Gasteiger charge is -2.21. The molecule has 0 bridgehead atoms. The predicted octanol–water partition coefficient (Wildman–Crippen LogP) is 2.98. The summed E-state index contributed by atoms with van der Waals surface area (Å²) in [6.07, 6.45) is 6.60. The van der Waals surface area contributed by atoms with Gasteiger partial charge in [-0.3, -0.25) is 9.59 Å². The topological polar surface area (TPSA) is 146 Å². The molecule has 6 N–H and O–H groups in total. The van der Waals surface area contributed by atoms with E-state index < -0.39 is 5.91 Å². The third-order valence-corrected chi connectivity index (χ3v) is 5.25. The molecule has 1 aliphatic carbocycles. The van der Waals surface area contributed by atoms with E-state index in [1.54, 1.807) is 13.1 Å². The highest BCUT2D eigenvalue weighted by Crippen LogP contribution is 2.25. The quantitative estimate of drug-likeness (QED) is 0.381. The summed E-state index contributed by atoms with van der Waals surface area (Å²) in [6, 6.07) is 10.8. The Morgan fingerprint density at radius 1 is 1.12 bits per heavy atom. The van der Waals surface area contributed by atoms with Crippen molar-refractivity contribution in [3.05, 3.63) is 65.9 Å². The molecule has 162 valence electrons. The summed E-state index contributed by atoms with van der Waals surface area (Å²) in [5.74, 6) is -0.223. The zero-order valence-electron chi connectivity index (χ0n) is 17.5. The number of fused-ring (bicyclic) bond motifs is 1. The summed E-state index contributed by atoms with van der Waals surface area (Å²) in [6.45, 7) is 0. The third-order valence-electron chi connectivity index (χ3n) is 5.25. The molecule has 1 heterocycles. The lowest BCUT2D eigenvalue weighted by atomic mass is 10.00. The monoisotopic (exact) mass is 429 g/mol. The lowest BCUT2D eigenvalue weighted by molar-refractivity contribution is 0.0961. The van der Waals surface area contributed by atoms with E-state index >= 15 is 0 Å². The van der Waals surface area contributed by atoms with Crippen LogP contribution in [0.25, 0.3) is 10.8 Å². The molecule has 0 aliphatic heterocycles. The van der Waals surface area contributed by atoms with Gasteiger partial charge < -0.3 is 27.1 Å². The molecule has 32 heavy (non-hydrogen) atoms. The standard InChI is InChI=1S/C23H23N7O2/c1-26-22(32)15-7-6-14-11-16(9-8-13(14)10-15)28-21-17(20(25)31)12-27-23(30-21)29-19-5-3-2-4-18(19)24/h2-3,6-12,19,24H,4-5H2,1H3,(H2,25,31)(H,26,32)(H2,27,28,29,30)/t19-/m1/s1. The largest absolute Gasteiger partial charge is 0.365 e. The Kier molecular flexibility index (Phi) is 5.80.